The average molecular weight is 290 g/mol. The van der Waals surface area contributed by atoms with E-state index in [4.69, 9.17) is 16.7 Å². The molecule has 0 bridgehead atoms. The quantitative estimate of drug-likeness (QED) is 0.928. The van der Waals surface area contributed by atoms with Gasteiger partial charge in [0.05, 0.1) is 5.02 Å². The van der Waals surface area contributed by atoms with Crippen molar-refractivity contribution in [1.82, 2.24) is 4.90 Å². The number of hydrogen-bond acceptors (Lipinski definition) is 3. The molecule has 1 heterocycles. The van der Waals surface area contributed by atoms with Gasteiger partial charge in [0.1, 0.15) is 11.9 Å². The highest BCUT2D eigenvalue weighted by atomic mass is 35.5. The molecule has 1 fully saturated rings. The summed E-state index contributed by atoms with van der Waals surface area (Å²) < 4.78 is 13.0. The molecule has 0 aromatic heterocycles. The number of thioether (sulfide) groups is 1. The van der Waals surface area contributed by atoms with Gasteiger partial charge in [0.25, 0.3) is 0 Å². The second-order valence-corrected chi connectivity index (χ2v) is 5.70. The molecule has 1 N–H and O–H groups in total. The predicted molar refractivity (Wildman–Crippen MR) is 70.6 cm³/mol. The maximum absolute atomic E-state index is 13.0. The van der Waals surface area contributed by atoms with E-state index in [0.717, 1.165) is 17.9 Å². The van der Waals surface area contributed by atoms with E-state index in [2.05, 4.69) is 0 Å². The summed E-state index contributed by atoms with van der Waals surface area (Å²) in [5.74, 6) is 0.239. The first-order chi connectivity index (χ1) is 8.58. The molecular formula is C12H13ClFNO2S. The van der Waals surface area contributed by atoms with Gasteiger partial charge >= 0.3 is 5.97 Å². The number of aliphatic carboxylic acids is 1. The third-order valence-electron chi connectivity index (χ3n) is 2.89. The van der Waals surface area contributed by atoms with Crippen LogP contribution in [0.5, 0.6) is 0 Å². The number of halogens is 2. The zero-order valence-corrected chi connectivity index (χ0v) is 11.2. The second kappa shape index (κ2) is 5.91. The zero-order valence-electron chi connectivity index (χ0n) is 9.60. The van der Waals surface area contributed by atoms with Gasteiger partial charge < -0.3 is 5.11 Å². The predicted octanol–water partition coefficient (Wildman–Crippen LogP) is 2.48. The topological polar surface area (TPSA) is 40.5 Å². The molecule has 1 aliphatic rings. The van der Waals surface area contributed by atoms with Gasteiger partial charge in [-0.2, -0.15) is 11.8 Å². The van der Waals surface area contributed by atoms with Crippen LogP contribution < -0.4 is 0 Å². The molecule has 1 aliphatic heterocycles. The molecule has 0 aliphatic carbocycles. The van der Waals surface area contributed by atoms with Crippen LogP contribution in [0.2, 0.25) is 5.02 Å². The fraction of sp³-hybridized carbons (Fsp3) is 0.417. The van der Waals surface area contributed by atoms with Crippen molar-refractivity contribution in [2.45, 2.75) is 12.6 Å². The summed E-state index contributed by atoms with van der Waals surface area (Å²) in [6, 6.07) is 4.03. The summed E-state index contributed by atoms with van der Waals surface area (Å²) in [6.45, 7) is 1.20. The minimum absolute atomic E-state index is 0.0748. The normalized spacial score (nSPS) is 20.9. The Morgan fingerprint density at radius 1 is 1.61 bits per heavy atom. The van der Waals surface area contributed by atoms with Crippen LogP contribution in [-0.4, -0.2) is 40.1 Å². The SMILES string of the molecule is O=C(O)C1CSCCN1Cc1ccc(F)c(Cl)c1. The molecule has 1 unspecified atom stereocenters. The van der Waals surface area contributed by atoms with Gasteiger partial charge in [-0.1, -0.05) is 17.7 Å². The maximum atomic E-state index is 13.0. The first kappa shape index (κ1) is 13.6. The van der Waals surface area contributed by atoms with Crippen molar-refractivity contribution in [3.63, 3.8) is 0 Å². The number of carboxylic acid groups (broad SMARTS) is 1. The number of benzene rings is 1. The van der Waals surface area contributed by atoms with Crippen LogP contribution in [0.4, 0.5) is 4.39 Å². The third-order valence-corrected chi connectivity index (χ3v) is 4.21. The molecule has 1 aromatic carbocycles. The molecule has 18 heavy (non-hydrogen) atoms. The summed E-state index contributed by atoms with van der Waals surface area (Å²) in [6.07, 6.45) is 0. The van der Waals surface area contributed by atoms with E-state index in [1.807, 2.05) is 4.90 Å². The van der Waals surface area contributed by atoms with E-state index in [1.165, 1.54) is 6.07 Å². The molecule has 0 saturated carbocycles. The first-order valence-electron chi connectivity index (χ1n) is 5.56. The number of rotatable bonds is 3. The molecule has 0 amide bonds. The van der Waals surface area contributed by atoms with Crippen LogP contribution in [0.25, 0.3) is 0 Å². The Bertz CT molecular complexity index is 458. The van der Waals surface area contributed by atoms with E-state index >= 15 is 0 Å². The standard InChI is InChI=1S/C12H13ClFNO2S/c13-9-5-8(1-2-10(9)14)6-15-3-4-18-7-11(15)12(16)17/h1-2,5,11H,3-4,6-7H2,(H,16,17). The zero-order chi connectivity index (χ0) is 13.1. The second-order valence-electron chi connectivity index (χ2n) is 4.15. The summed E-state index contributed by atoms with van der Waals surface area (Å²) in [5.41, 5.74) is 0.833. The number of carboxylic acids is 1. The van der Waals surface area contributed by atoms with Gasteiger partial charge in [-0.25, -0.2) is 4.39 Å². The summed E-state index contributed by atoms with van der Waals surface area (Å²) in [5, 5.41) is 9.22. The minimum atomic E-state index is -0.810. The molecule has 2 rings (SSSR count). The smallest absolute Gasteiger partial charge is 0.321 e. The third kappa shape index (κ3) is 3.16. The molecule has 0 radical (unpaired) electrons. The Hall–Kier alpha value is -0.780. The highest BCUT2D eigenvalue weighted by Gasteiger charge is 2.28. The van der Waals surface area contributed by atoms with Gasteiger partial charge in [-0.3, -0.25) is 9.69 Å². The minimum Gasteiger partial charge on any atom is -0.480 e. The highest BCUT2D eigenvalue weighted by Crippen LogP contribution is 2.22. The lowest BCUT2D eigenvalue weighted by atomic mass is 10.1. The Labute approximate surface area is 114 Å². The van der Waals surface area contributed by atoms with Crippen LogP contribution in [-0.2, 0) is 11.3 Å². The van der Waals surface area contributed by atoms with Crippen molar-refractivity contribution in [3.8, 4) is 0 Å². The van der Waals surface area contributed by atoms with Crippen LogP contribution in [0.3, 0.4) is 0 Å². The van der Waals surface area contributed by atoms with Gasteiger partial charge in [0.15, 0.2) is 0 Å². The van der Waals surface area contributed by atoms with Crippen LogP contribution in [0.1, 0.15) is 5.56 Å². The van der Waals surface area contributed by atoms with E-state index in [9.17, 15) is 9.18 Å². The summed E-state index contributed by atoms with van der Waals surface area (Å²) in [4.78, 5) is 13.0. The van der Waals surface area contributed by atoms with Crippen molar-refractivity contribution >= 4 is 29.3 Å². The average Bonchev–Trinajstić information content (AvgIpc) is 2.34. The Morgan fingerprint density at radius 3 is 3.06 bits per heavy atom. The number of nitrogens with zero attached hydrogens (tertiary/aromatic N) is 1. The van der Waals surface area contributed by atoms with Gasteiger partial charge in [0.2, 0.25) is 0 Å². The lowest BCUT2D eigenvalue weighted by molar-refractivity contribution is -0.142. The molecule has 1 aromatic rings. The van der Waals surface area contributed by atoms with Gasteiger partial charge in [-0.05, 0) is 17.7 Å². The molecule has 98 valence electrons. The van der Waals surface area contributed by atoms with E-state index in [1.54, 1.807) is 23.9 Å². The molecule has 0 spiro atoms. The Morgan fingerprint density at radius 2 is 2.39 bits per heavy atom. The maximum Gasteiger partial charge on any atom is 0.321 e. The molecule has 1 saturated heterocycles. The van der Waals surface area contributed by atoms with Crippen molar-refractivity contribution in [2.75, 3.05) is 18.1 Å². The summed E-state index contributed by atoms with van der Waals surface area (Å²) in [7, 11) is 0. The lowest BCUT2D eigenvalue weighted by Gasteiger charge is -2.32. The van der Waals surface area contributed by atoms with Crippen molar-refractivity contribution in [3.05, 3.63) is 34.6 Å². The Kier molecular flexibility index (Phi) is 4.48. The highest BCUT2D eigenvalue weighted by molar-refractivity contribution is 7.99. The van der Waals surface area contributed by atoms with E-state index < -0.39 is 17.8 Å². The van der Waals surface area contributed by atoms with E-state index in [-0.39, 0.29) is 5.02 Å². The molecular weight excluding hydrogens is 277 g/mol. The monoisotopic (exact) mass is 289 g/mol. The molecule has 6 heteroatoms. The Balaban J connectivity index is 2.10. The first-order valence-corrected chi connectivity index (χ1v) is 7.09. The van der Waals surface area contributed by atoms with Crippen LogP contribution in [0.15, 0.2) is 18.2 Å². The fourth-order valence-corrected chi connectivity index (χ4v) is 3.24. The van der Waals surface area contributed by atoms with Crippen molar-refractivity contribution < 1.29 is 14.3 Å². The number of hydrogen-bond donors (Lipinski definition) is 1. The van der Waals surface area contributed by atoms with Gasteiger partial charge in [-0.15, -0.1) is 0 Å². The van der Waals surface area contributed by atoms with Gasteiger partial charge in [0, 0.05) is 24.6 Å². The molecule has 1 atom stereocenters. The van der Waals surface area contributed by atoms with Crippen molar-refractivity contribution in [1.29, 1.82) is 0 Å². The largest absolute Gasteiger partial charge is 0.480 e. The fourth-order valence-electron chi connectivity index (χ4n) is 1.93. The van der Waals surface area contributed by atoms with Crippen LogP contribution >= 0.6 is 23.4 Å². The van der Waals surface area contributed by atoms with Crippen LogP contribution in [0, 0.1) is 5.82 Å². The van der Waals surface area contributed by atoms with Crippen molar-refractivity contribution in [2.24, 2.45) is 0 Å². The summed E-state index contributed by atoms with van der Waals surface area (Å²) >= 11 is 7.36. The van der Waals surface area contributed by atoms with E-state index in [0.29, 0.717) is 12.3 Å². The lowest BCUT2D eigenvalue weighted by Crippen LogP contribution is -2.46. The molecule has 3 nitrogen and oxygen atoms in total. The number of carbonyl (C=O) groups is 1.